The Morgan fingerprint density at radius 3 is 2.59 bits per heavy atom. The maximum absolute atomic E-state index is 13.3. The predicted molar refractivity (Wildman–Crippen MR) is 124 cm³/mol. The molecule has 5 rings (SSSR count). The highest BCUT2D eigenvalue weighted by molar-refractivity contribution is 7.22. The van der Waals surface area contributed by atoms with Crippen molar-refractivity contribution in [2.75, 3.05) is 28.3 Å². The van der Waals surface area contributed by atoms with Gasteiger partial charge in [0.15, 0.2) is 5.13 Å². The molecule has 0 aliphatic carbocycles. The zero-order valence-corrected chi connectivity index (χ0v) is 17.9. The van der Waals surface area contributed by atoms with Gasteiger partial charge < -0.3 is 16.0 Å². The number of anilines is 3. The number of thiazole rings is 1. The monoisotopic (exact) mass is 452 g/mol. The topological polar surface area (TPSA) is 104 Å². The van der Waals surface area contributed by atoms with Crippen molar-refractivity contribution in [2.45, 2.75) is 25.3 Å². The molecule has 3 N–H and O–H groups in total. The molecule has 2 aromatic carbocycles. The van der Waals surface area contributed by atoms with Gasteiger partial charge in [-0.3, -0.25) is 14.6 Å². The summed E-state index contributed by atoms with van der Waals surface area (Å²) in [5.41, 5.74) is 7.70. The Labute approximate surface area is 187 Å². The smallest absolute Gasteiger partial charge is 0.271 e. The molecule has 1 atom stereocenters. The second kappa shape index (κ2) is 8.19. The summed E-state index contributed by atoms with van der Waals surface area (Å²) >= 11 is 1.60. The van der Waals surface area contributed by atoms with Gasteiger partial charge in [-0.2, -0.15) is 5.10 Å². The molecule has 2 amide bonds. The lowest BCUT2D eigenvalue weighted by atomic mass is 10.1. The fourth-order valence-electron chi connectivity index (χ4n) is 3.94. The number of nitrogens with two attached hydrogens (primary N) is 1. The molecule has 0 unspecified atom stereocenters. The van der Waals surface area contributed by atoms with E-state index in [1.807, 2.05) is 12.1 Å². The number of carbonyl (C=O) groups excluding carboxylic acids is 2. The summed E-state index contributed by atoms with van der Waals surface area (Å²) in [6, 6.07) is 10.3. The second-order valence-corrected chi connectivity index (χ2v) is 8.83. The summed E-state index contributed by atoms with van der Waals surface area (Å²) in [5, 5.41) is 9.52. The van der Waals surface area contributed by atoms with E-state index in [0.29, 0.717) is 11.4 Å². The van der Waals surface area contributed by atoms with Gasteiger partial charge in [0, 0.05) is 25.2 Å². The van der Waals surface area contributed by atoms with Gasteiger partial charge in [-0.1, -0.05) is 11.3 Å². The van der Waals surface area contributed by atoms with E-state index in [2.05, 4.69) is 15.3 Å². The number of fused-ring (bicyclic) bond motifs is 1. The first-order valence-electron chi connectivity index (χ1n) is 10.4. The minimum atomic E-state index is -0.812. The van der Waals surface area contributed by atoms with Crippen LogP contribution in [0.1, 0.15) is 19.3 Å². The molecule has 0 radical (unpaired) electrons. The van der Waals surface area contributed by atoms with Crippen LogP contribution in [0.2, 0.25) is 0 Å². The van der Waals surface area contributed by atoms with Crippen LogP contribution >= 0.6 is 11.3 Å². The van der Waals surface area contributed by atoms with Crippen LogP contribution in [0, 0.1) is 5.82 Å². The number of carbonyl (C=O) groups is 2. The minimum Gasteiger partial charge on any atom is -0.368 e. The minimum absolute atomic E-state index is 0.0699. The highest BCUT2D eigenvalue weighted by Crippen LogP contribution is 2.32. The molecule has 164 valence electrons. The molecular formula is C22H21FN6O2S. The van der Waals surface area contributed by atoms with Crippen LogP contribution in [-0.4, -0.2) is 41.6 Å². The Morgan fingerprint density at radius 2 is 1.88 bits per heavy atom. The molecular weight excluding hydrogens is 431 g/mol. The molecule has 3 heterocycles. The third kappa shape index (κ3) is 3.89. The normalized spacial score (nSPS) is 18.3. The van der Waals surface area contributed by atoms with Gasteiger partial charge in [-0.25, -0.2) is 9.37 Å². The van der Waals surface area contributed by atoms with Gasteiger partial charge in [0.1, 0.15) is 17.6 Å². The van der Waals surface area contributed by atoms with E-state index in [0.717, 1.165) is 28.4 Å². The number of hydrogen-bond acceptors (Lipinski definition) is 7. The van der Waals surface area contributed by atoms with E-state index in [9.17, 15) is 14.0 Å². The average Bonchev–Trinajstić information content (AvgIpc) is 3.52. The van der Waals surface area contributed by atoms with Gasteiger partial charge in [0.05, 0.1) is 15.9 Å². The molecule has 1 fully saturated rings. The van der Waals surface area contributed by atoms with Gasteiger partial charge in [-0.05, 0) is 55.3 Å². The quantitative estimate of drug-likeness (QED) is 0.619. The van der Waals surface area contributed by atoms with E-state index < -0.39 is 23.7 Å². The van der Waals surface area contributed by atoms with E-state index in [-0.39, 0.29) is 12.1 Å². The summed E-state index contributed by atoms with van der Waals surface area (Å²) in [6.07, 6.45) is 2.43. The Kier molecular flexibility index (Phi) is 5.22. The number of nitrogens with zero attached hydrogens (tertiary/aromatic N) is 4. The number of hydrazone groups is 1. The van der Waals surface area contributed by atoms with Crippen LogP contribution in [0.15, 0.2) is 47.6 Å². The molecule has 10 heteroatoms. The molecule has 3 aromatic rings. The van der Waals surface area contributed by atoms with Crippen molar-refractivity contribution in [3.63, 3.8) is 0 Å². The third-order valence-corrected chi connectivity index (χ3v) is 6.68. The van der Waals surface area contributed by atoms with Crippen LogP contribution in [0.5, 0.6) is 0 Å². The van der Waals surface area contributed by atoms with Gasteiger partial charge in [0.25, 0.3) is 5.91 Å². The highest BCUT2D eigenvalue weighted by atomic mass is 32.1. The molecule has 8 nitrogen and oxygen atoms in total. The number of nitrogens with one attached hydrogen (secondary N) is 1. The molecule has 2 aliphatic heterocycles. The van der Waals surface area contributed by atoms with E-state index >= 15 is 0 Å². The number of aromatic nitrogens is 1. The van der Waals surface area contributed by atoms with Crippen molar-refractivity contribution in [1.29, 1.82) is 0 Å². The predicted octanol–water partition coefficient (Wildman–Crippen LogP) is 3.09. The summed E-state index contributed by atoms with van der Waals surface area (Å²) in [7, 11) is 0. The zero-order valence-electron chi connectivity index (χ0n) is 17.1. The van der Waals surface area contributed by atoms with E-state index in [4.69, 9.17) is 10.7 Å². The van der Waals surface area contributed by atoms with Crippen molar-refractivity contribution in [2.24, 2.45) is 10.8 Å². The average molecular weight is 453 g/mol. The Hall–Kier alpha value is -3.53. The number of amides is 2. The molecule has 32 heavy (non-hydrogen) atoms. The molecule has 0 bridgehead atoms. The van der Waals surface area contributed by atoms with E-state index in [1.54, 1.807) is 17.4 Å². The zero-order chi connectivity index (χ0) is 22.2. The number of benzene rings is 2. The van der Waals surface area contributed by atoms with Crippen molar-refractivity contribution >= 4 is 55.6 Å². The van der Waals surface area contributed by atoms with Crippen LogP contribution in [-0.2, 0) is 9.59 Å². The van der Waals surface area contributed by atoms with Crippen molar-refractivity contribution in [1.82, 2.24) is 4.98 Å². The lowest BCUT2D eigenvalue weighted by molar-refractivity contribution is -0.119. The van der Waals surface area contributed by atoms with Crippen LogP contribution in [0.3, 0.4) is 0 Å². The number of primary amides is 1. The summed E-state index contributed by atoms with van der Waals surface area (Å²) in [6.45, 7) is 2.05. The first kappa shape index (κ1) is 20.4. The Balaban J connectivity index is 1.35. The number of rotatable bonds is 5. The first-order valence-corrected chi connectivity index (χ1v) is 11.2. The lowest BCUT2D eigenvalue weighted by Gasteiger charge is -2.20. The molecule has 1 aromatic heterocycles. The van der Waals surface area contributed by atoms with E-state index in [1.165, 1.54) is 42.1 Å². The van der Waals surface area contributed by atoms with Crippen molar-refractivity contribution in [3.05, 3.63) is 48.3 Å². The summed E-state index contributed by atoms with van der Waals surface area (Å²) < 4.78 is 14.2. The number of hydrogen-bond donors (Lipinski definition) is 2. The second-order valence-electron chi connectivity index (χ2n) is 7.82. The fraction of sp³-hybridized carbons (Fsp3) is 0.273. The Morgan fingerprint density at radius 1 is 1.12 bits per heavy atom. The highest BCUT2D eigenvalue weighted by Gasteiger charge is 2.35. The van der Waals surface area contributed by atoms with Crippen molar-refractivity contribution < 1.29 is 14.0 Å². The largest absolute Gasteiger partial charge is 0.368 e. The molecule has 0 spiro atoms. The molecule has 1 saturated heterocycles. The molecule has 0 saturated carbocycles. The van der Waals surface area contributed by atoms with Crippen LogP contribution in [0.25, 0.3) is 10.2 Å². The third-order valence-electron chi connectivity index (χ3n) is 5.60. The lowest BCUT2D eigenvalue weighted by Crippen LogP contribution is -2.39. The summed E-state index contributed by atoms with van der Waals surface area (Å²) in [5.74, 6) is -1.43. The van der Waals surface area contributed by atoms with Crippen LogP contribution in [0.4, 0.5) is 20.9 Å². The standard InChI is InChI=1S/C22H21FN6O2S/c23-13-3-6-15(7-4-13)29-18(20(24)30)12-17(27-29)21(31)25-14-5-8-16-19(11-14)32-22(26-16)28-9-1-2-10-28/h3-8,11,18H,1-2,9-10,12H2,(H2,24,30)(H,25,31)/t18-/m0/s1. The number of halogens is 1. The van der Waals surface area contributed by atoms with Crippen LogP contribution < -0.4 is 21.0 Å². The fourth-order valence-corrected chi connectivity index (χ4v) is 4.99. The SMILES string of the molecule is NC(=O)[C@@H]1CC(C(=O)Nc2ccc3nc(N4CCCC4)sc3c2)=NN1c1ccc(F)cc1. The summed E-state index contributed by atoms with van der Waals surface area (Å²) in [4.78, 5) is 31.8. The maximum Gasteiger partial charge on any atom is 0.271 e. The van der Waals surface area contributed by atoms with Gasteiger partial charge in [-0.15, -0.1) is 0 Å². The van der Waals surface area contributed by atoms with Gasteiger partial charge >= 0.3 is 0 Å². The molecule has 2 aliphatic rings. The van der Waals surface area contributed by atoms with Gasteiger partial charge in [0.2, 0.25) is 5.91 Å². The first-order chi connectivity index (χ1) is 15.5. The Bertz CT molecular complexity index is 1220. The maximum atomic E-state index is 13.3. The van der Waals surface area contributed by atoms with Crippen molar-refractivity contribution in [3.8, 4) is 0 Å².